The molecular weight excluding hydrogens is 463 g/mol. The standard InChI is InChI=1S/C29H35ClN2O.ClH/c1-19-26(28(33)27(30)20(2)31-19)24-12-10-23(11-13-24)22-8-6-21(7-9-22)18-32-16-14-25(15-17-32)29(3,4)5;/h6-13,25H,14-18H2,1-5H3,(H,31,33);1H. The summed E-state index contributed by atoms with van der Waals surface area (Å²) in [4.78, 5) is 18.5. The summed E-state index contributed by atoms with van der Waals surface area (Å²) in [5, 5.41) is 0.262. The minimum Gasteiger partial charge on any atom is -0.361 e. The number of nitrogens with zero attached hydrogens (tertiary/aromatic N) is 1. The van der Waals surface area contributed by atoms with Crippen molar-refractivity contribution in [1.29, 1.82) is 0 Å². The molecule has 2 heterocycles. The van der Waals surface area contributed by atoms with E-state index in [4.69, 9.17) is 11.6 Å². The minimum atomic E-state index is -0.117. The van der Waals surface area contributed by atoms with Crippen LogP contribution in [0, 0.1) is 25.2 Å². The van der Waals surface area contributed by atoms with Gasteiger partial charge in [-0.1, -0.05) is 80.9 Å². The molecule has 1 N–H and O–H groups in total. The smallest absolute Gasteiger partial charge is 0.208 e. The first-order valence-electron chi connectivity index (χ1n) is 11.9. The minimum absolute atomic E-state index is 0. The average Bonchev–Trinajstić information content (AvgIpc) is 2.78. The number of hydrogen-bond acceptors (Lipinski definition) is 2. The third-order valence-electron chi connectivity index (χ3n) is 7.18. The van der Waals surface area contributed by atoms with E-state index in [2.05, 4.69) is 67.1 Å². The van der Waals surface area contributed by atoms with Gasteiger partial charge in [-0.25, -0.2) is 0 Å². The van der Waals surface area contributed by atoms with E-state index >= 15 is 0 Å². The number of pyridine rings is 1. The second kappa shape index (κ2) is 10.7. The lowest BCUT2D eigenvalue weighted by Gasteiger charge is -2.38. The fraction of sp³-hybridized carbons (Fsp3) is 0.414. The van der Waals surface area contributed by atoms with Crippen molar-refractivity contribution >= 4 is 24.0 Å². The molecule has 5 heteroatoms. The van der Waals surface area contributed by atoms with Crippen molar-refractivity contribution in [2.45, 2.75) is 54.0 Å². The zero-order valence-corrected chi connectivity index (χ0v) is 22.4. The Morgan fingerprint density at radius 1 is 0.882 bits per heavy atom. The van der Waals surface area contributed by atoms with Crippen LogP contribution in [0.5, 0.6) is 0 Å². The number of likely N-dealkylation sites (tertiary alicyclic amines) is 1. The Morgan fingerprint density at radius 2 is 1.38 bits per heavy atom. The first-order chi connectivity index (χ1) is 15.6. The Bertz CT molecular complexity index is 1170. The largest absolute Gasteiger partial charge is 0.361 e. The maximum absolute atomic E-state index is 12.7. The zero-order chi connectivity index (χ0) is 23.8. The van der Waals surface area contributed by atoms with Gasteiger partial charge in [0.2, 0.25) is 5.43 Å². The van der Waals surface area contributed by atoms with Crippen LogP contribution in [0.3, 0.4) is 0 Å². The SMILES string of the molecule is Cc1[nH]c(C)c(-c2ccc(-c3ccc(CN4CCC(C(C)(C)C)CC4)cc3)cc2)c(=O)c1Cl.Cl. The lowest BCUT2D eigenvalue weighted by atomic mass is 9.75. The number of hydrogen-bond donors (Lipinski definition) is 1. The normalized spacial score (nSPS) is 15.2. The number of rotatable bonds is 4. The highest BCUT2D eigenvalue weighted by atomic mass is 35.5. The molecule has 1 aliphatic rings. The van der Waals surface area contributed by atoms with Crippen LogP contribution in [0.4, 0.5) is 0 Å². The third kappa shape index (κ3) is 5.76. The molecule has 1 aliphatic heterocycles. The van der Waals surface area contributed by atoms with Gasteiger partial charge in [-0.2, -0.15) is 0 Å². The molecule has 1 fully saturated rings. The van der Waals surface area contributed by atoms with Crippen molar-refractivity contribution in [1.82, 2.24) is 9.88 Å². The van der Waals surface area contributed by atoms with E-state index in [1.54, 1.807) is 0 Å². The second-order valence-corrected chi connectivity index (χ2v) is 11.0. The first-order valence-corrected chi connectivity index (χ1v) is 12.3. The third-order valence-corrected chi connectivity index (χ3v) is 7.64. The number of nitrogens with one attached hydrogen (secondary N) is 1. The summed E-state index contributed by atoms with van der Waals surface area (Å²) >= 11 is 6.20. The van der Waals surface area contributed by atoms with Crippen LogP contribution in [0.15, 0.2) is 53.3 Å². The Kier molecular flexibility index (Phi) is 8.34. The maximum atomic E-state index is 12.7. The lowest BCUT2D eigenvalue weighted by molar-refractivity contribution is 0.108. The van der Waals surface area contributed by atoms with Crippen molar-refractivity contribution < 1.29 is 0 Å². The van der Waals surface area contributed by atoms with Crippen molar-refractivity contribution in [3.05, 3.63) is 80.7 Å². The van der Waals surface area contributed by atoms with Crippen molar-refractivity contribution in [2.24, 2.45) is 11.3 Å². The number of H-pyrrole nitrogens is 1. The molecule has 182 valence electrons. The average molecular weight is 500 g/mol. The van der Waals surface area contributed by atoms with Gasteiger partial charge in [0.25, 0.3) is 0 Å². The topological polar surface area (TPSA) is 36.1 Å². The molecule has 0 saturated carbocycles. The first kappa shape index (κ1) is 26.5. The van der Waals surface area contributed by atoms with Crippen molar-refractivity contribution in [3.8, 4) is 22.3 Å². The molecule has 1 aromatic heterocycles. The predicted octanol–water partition coefficient (Wildman–Crippen LogP) is 7.66. The van der Waals surface area contributed by atoms with Gasteiger partial charge in [0, 0.05) is 23.5 Å². The maximum Gasteiger partial charge on any atom is 0.208 e. The molecule has 0 unspecified atom stereocenters. The summed E-state index contributed by atoms with van der Waals surface area (Å²) in [5.74, 6) is 0.828. The summed E-state index contributed by atoms with van der Waals surface area (Å²) in [6, 6.07) is 17.1. The van der Waals surface area contributed by atoms with E-state index < -0.39 is 0 Å². The number of benzene rings is 2. The summed E-state index contributed by atoms with van der Waals surface area (Å²) in [5.41, 5.74) is 7.06. The predicted molar refractivity (Wildman–Crippen MR) is 147 cm³/mol. The van der Waals surface area contributed by atoms with Crippen LogP contribution < -0.4 is 5.43 Å². The number of piperidine rings is 1. The van der Waals surface area contributed by atoms with Gasteiger partial charge >= 0.3 is 0 Å². The molecule has 34 heavy (non-hydrogen) atoms. The zero-order valence-electron chi connectivity index (χ0n) is 20.9. The van der Waals surface area contributed by atoms with Crippen LogP contribution in [0.1, 0.15) is 50.6 Å². The molecule has 3 aromatic rings. The molecule has 0 radical (unpaired) electrons. The van der Waals surface area contributed by atoms with Gasteiger partial charge < -0.3 is 4.98 Å². The van der Waals surface area contributed by atoms with Crippen LogP contribution >= 0.6 is 24.0 Å². The quantitative estimate of drug-likeness (QED) is 0.400. The van der Waals surface area contributed by atoms with Gasteiger partial charge in [-0.3, -0.25) is 9.69 Å². The Balaban J connectivity index is 0.00000324. The lowest BCUT2D eigenvalue weighted by Crippen LogP contribution is -2.37. The second-order valence-electron chi connectivity index (χ2n) is 10.6. The van der Waals surface area contributed by atoms with Gasteiger partial charge in [0.05, 0.1) is 0 Å². The van der Waals surface area contributed by atoms with Gasteiger partial charge in [0.15, 0.2) is 0 Å². The Morgan fingerprint density at radius 3 is 1.91 bits per heavy atom. The van der Waals surface area contributed by atoms with Crippen LogP contribution in [-0.4, -0.2) is 23.0 Å². The van der Waals surface area contributed by atoms with Gasteiger partial charge in [-0.05, 0) is 73.4 Å². The molecule has 0 bridgehead atoms. The molecular formula is C29H36Cl2N2O. The highest BCUT2D eigenvalue weighted by Crippen LogP contribution is 2.34. The van der Waals surface area contributed by atoms with E-state index in [0.717, 1.165) is 29.3 Å². The van der Waals surface area contributed by atoms with Crippen LogP contribution in [-0.2, 0) is 6.54 Å². The summed E-state index contributed by atoms with van der Waals surface area (Å²) in [6.45, 7) is 14.2. The molecule has 4 rings (SSSR count). The number of halogens is 2. The number of aromatic nitrogens is 1. The summed E-state index contributed by atoms with van der Waals surface area (Å²) < 4.78 is 0. The molecule has 2 aromatic carbocycles. The number of aromatic amines is 1. The molecule has 3 nitrogen and oxygen atoms in total. The molecule has 0 spiro atoms. The molecule has 0 atom stereocenters. The molecule has 0 aliphatic carbocycles. The van der Waals surface area contributed by atoms with Gasteiger partial charge in [0.1, 0.15) is 5.02 Å². The number of aryl methyl sites for hydroxylation is 2. The Hall–Kier alpha value is -2.07. The van der Waals surface area contributed by atoms with Crippen LogP contribution in [0.25, 0.3) is 22.3 Å². The molecule has 1 saturated heterocycles. The van der Waals surface area contributed by atoms with E-state index in [0.29, 0.717) is 16.7 Å². The van der Waals surface area contributed by atoms with Crippen LogP contribution in [0.2, 0.25) is 5.02 Å². The van der Waals surface area contributed by atoms with E-state index in [-0.39, 0.29) is 22.9 Å². The highest BCUT2D eigenvalue weighted by molar-refractivity contribution is 6.31. The van der Waals surface area contributed by atoms with Crippen molar-refractivity contribution in [3.63, 3.8) is 0 Å². The van der Waals surface area contributed by atoms with E-state index in [9.17, 15) is 4.79 Å². The van der Waals surface area contributed by atoms with E-state index in [1.807, 2.05) is 26.0 Å². The van der Waals surface area contributed by atoms with E-state index in [1.165, 1.54) is 37.1 Å². The highest BCUT2D eigenvalue weighted by Gasteiger charge is 2.28. The van der Waals surface area contributed by atoms with Gasteiger partial charge in [-0.15, -0.1) is 12.4 Å². The fourth-order valence-electron chi connectivity index (χ4n) is 5.04. The Labute approximate surface area is 215 Å². The van der Waals surface area contributed by atoms with Crippen molar-refractivity contribution in [2.75, 3.05) is 13.1 Å². The summed E-state index contributed by atoms with van der Waals surface area (Å²) in [6.07, 6.45) is 2.59. The monoisotopic (exact) mass is 498 g/mol. The fourth-order valence-corrected chi connectivity index (χ4v) is 5.19. The molecule has 0 amide bonds. The summed E-state index contributed by atoms with van der Waals surface area (Å²) in [7, 11) is 0.